The second-order valence-electron chi connectivity index (χ2n) is 1.63. The van der Waals surface area contributed by atoms with Crippen LogP contribution in [-0.4, -0.2) is 26.9 Å². The van der Waals surface area contributed by atoms with Crippen molar-refractivity contribution in [3.05, 3.63) is 6.42 Å². The quantitative estimate of drug-likeness (QED) is 0.544. The highest BCUT2D eigenvalue weighted by molar-refractivity contribution is 4.70. The summed E-state index contributed by atoms with van der Waals surface area (Å²) in [5, 5.41) is 0. The van der Waals surface area contributed by atoms with Crippen molar-refractivity contribution >= 4 is 0 Å². The number of rotatable bonds is 4. The van der Waals surface area contributed by atoms with E-state index in [1.54, 1.807) is 14.2 Å². The van der Waals surface area contributed by atoms with E-state index in [-0.39, 0.29) is 6.10 Å². The first-order valence-corrected chi connectivity index (χ1v) is 2.66. The molecule has 1 atom stereocenters. The van der Waals surface area contributed by atoms with Crippen molar-refractivity contribution in [2.75, 3.05) is 20.8 Å². The average molecular weight is 117 g/mol. The molecule has 2 nitrogen and oxygen atoms in total. The molecule has 0 spiro atoms. The van der Waals surface area contributed by atoms with Gasteiger partial charge in [0, 0.05) is 20.6 Å². The van der Waals surface area contributed by atoms with Crippen LogP contribution in [0.15, 0.2) is 0 Å². The lowest BCUT2D eigenvalue weighted by Crippen LogP contribution is -2.08. The first kappa shape index (κ1) is 7.92. The average Bonchev–Trinajstić information content (AvgIpc) is 1.83. The summed E-state index contributed by atoms with van der Waals surface area (Å²) < 4.78 is 9.70. The molecule has 2 heteroatoms. The maximum Gasteiger partial charge on any atom is 0.0597 e. The minimum atomic E-state index is 0.204. The predicted molar refractivity (Wildman–Crippen MR) is 32.6 cm³/mol. The zero-order chi connectivity index (χ0) is 6.41. The van der Waals surface area contributed by atoms with E-state index >= 15 is 0 Å². The third kappa shape index (κ3) is 4.09. The van der Waals surface area contributed by atoms with Crippen molar-refractivity contribution in [2.24, 2.45) is 0 Å². The summed E-state index contributed by atoms with van der Waals surface area (Å²) in [6.45, 7) is 2.63. The van der Waals surface area contributed by atoms with Gasteiger partial charge in [-0.15, -0.1) is 0 Å². The van der Waals surface area contributed by atoms with Crippen LogP contribution in [0.1, 0.15) is 6.92 Å². The molecular formula is C6H13O2. The van der Waals surface area contributed by atoms with Crippen LogP contribution in [0.25, 0.3) is 0 Å². The van der Waals surface area contributed by atoms with Gasteiger partial charge in [0.1, 0.15) is 0 Å². The van der Waals surface area contributed by atoms with Crippen LogP contribution in [0.4, 0.5) is 0 Å². The molecule has 8 heavy (non-hydrogen) atoms. The maximum atomic E-state index is 4.92. The number of hydrogen-bond acceptors (Lipinski definition) is 2. The predicted octanol–water partition coefficient (Wildman–Crippen LogP) is 0.872. The summed E-state index contributed by atoms with van der Waals surface area (Å²) in [5.74, 6) is 0. The molecule has 0 saturated heterocycles. The number of methoxy groups -OCH3 is 2. The van der Waals surface area contributed by atoms with Gasteiger partial charge >= 0.3 is 0 Å². The molecule has 0 bridgehead atoms. The van der Waals surface area contributed by atoms with Crippen LogP contribution in [0, 0.1) is 6.42 Å². The second-order valence-corrected chi connectivity index (χ2v) is 1.63. The Balaban J connectivity index is 2.86. The second kappa shape index (κ2) is 5.06. The Labute approximate surface area is 50.8 Å². The van der Waals surface area contributed by atoms with Crippen molar-refractivity contribution in [3.8, 4) is 0 Å². The van der Waals surface area contributed by atoms with Gasteiger partial charge in [-0.3, -0.25) is 0 Å². The summed E-state index contributed by atoms with van der Waals surface area (Å²) in [5.41, 5.74) is 0. The normalized spacial score (nSPS) is 13.9. The van der Waals surface area contributed by atoms with Gasteiger partial charge in [-0.2, -0.15) is 0 Å². The fraction of sp³-hybridized carbons (Fsp3) is 0.833. The fourth-order valence-corrected chi connectivity index (χ4v) is 0.328. The summed E-state index contributed by atoms with van der Waals surface area (Å²) in [7, 11) is 3.34. The van der Waals surface area contributed by atoms with E-state index in [0.717, 1.165) is 0 Å². The van der Waals surface area contributed by atoms with Gasteiger partial charge in [0.15, 0.2) is 0 Å². The Morgan fingerprint density at radius 2 is 2.12 bits per heavy atom. The van der Waals surface area contributed by atoms with Crippen molar-refractivity contribution < 1.29 is 9.47 Å². The zero-order valence-corrected chi connectivity index (χ0v) is 5.68. The van der Waals surface area contributed by atoms with E-state index < -0.39 is 0 Å². The van der Waals surface area contributed by atoms with Crippen LogP contribution >= 0.6 is 0 Å². The van der Waals surface area contributed by atoms with Gasteiger partial charge in [0.2, 0.25) is 0 Å². The Morgan fingerprint density at radius 3 is 2.50 bits per heavy atom. The third-order valence-electron chi connectivity index (χ3n) is 0.967. The molecule has 0 aromatic heterocycles. The molecule has 0 fully saturated rings. The van der Waals surface area contributed by atoms with Crippen molar-refractivity contribution in [1.82, 2.24) is 0 Å². The highest BCUT2D eigenvalue weighted by Gasteiger charge is 1.96. The van der Waals surface area contributed by atoms with E-state index in [0.29, 0.717) is 6.61 Å². The van der Waals surface area contributed by atoms with Gasteiger partial charge < -0.3 is 9.47 Å². The molecule has 0 saturated carbocycles. The topological polar surface area (TPSA) is 18.5 Å². The Bertz CT molecular complexity index is 45.8. The summed E-state index contributed by atoms with van der Waals surface area (Å²) in [6, 6.07) is 0. The molecule has 0 aromatic rings. The highest BCUT2D eigenvalue weighted by atomic mass is 16.5. The zero-order valence-electron chi connectivity index (χ0n) is 5.68. The summed E-state index contributed by atoms with van der Waals surface area (Å²) >= 11 is 0. The van der Waals surface area contributed by atoms with Crippen LogP contribution in [-0.2, 0) is 9.47 Å². The van der Waals surface area contributed by atoms with Crippen LogP contribution < -0.4 is 0 Å². The Kier molecular flexibility index (Phi) is 5.01. The molecule has 1 unspecified atom stereocenters. The van der Waals surface area contributed by atoms with E-state index in [1.165, 1.54) is 0 Å². The van der Waals surface area contributed by atoms with Crippen LogP contribution in [0.2, 0.25) is 0 Å². The van der Waals surface area contributed by atoms with E-state index in [1.807, 2.05) is 13.3 Å². The first-order chi connectivity index (χ1) is 3.81. The largest absolute Gasteiger partial charge is 0.384 e. The van der Waals surface area contributed by atoms with E-state index in [4.69, 9.17) is 9.47 Å². The monoisotopic (exact) mass is 117 g/mol. The van der Waals surface area contributed by atoms with Gasteiger partial charge in [0.05, 0.1) is 12.7 Å². The standard InChI is InChI=1S/C6H13O2/c1-6(8-3)4-5-7-2/h4,6H,5H2,1-3H3. The molecule has 0 N–H and O–H groups in total. The SMILES string of the molecule is COC[CH]C(C)OC. The fourth-order valence-electron chi connectivity index (χ4n) is 0.328. The molecule has 0 aliphatic rings. The molecule has 0 aromatic carbocycles. The van der Waals surface area contributed by atoms with E-state index in [9.17, 15) is 0 Å². The molecule has 0 aliphatic heterocycles. The third-order valence-corrected chi connectivity index (χ3v) is 0.967. The Morgan fingerprint density at radius 1 is 1.50 bits per heavy atom. The lowest BCUT2D eigenvalue weighted by Gasteiger charge is -2.05. The van der Waals surface area contributed by atoms with Crippen LogP contribution in [0.5, 0.6) is 0 Å². The molecule has 1 radical (unpaired) electrons. The maximum absolute atomic E-state index is 4.92. The van der Waals surface area contributed by atoms with Gasteiger partial charge in [0.25, 0.3) is 0 Å². The van der Waals surface area contributed by atoms with Gasteiger partial charge in [-0.1, -0.05) is 0 Å². The number of ether oxygens (including phenoxy) is 2. The van der Waals surface area contributed by atoms with Crippen molar-refractivity contribution in [1.29, 1.82) is 0 Å². The minimum Gasteiger partial charge on any atom is -0.384 e. The first-order valence-electron chi connectivity index (χ1n) is 2.66. The smallest absolute Gasteiger partial charge is 0.0597 e. The van der Waals surface area contributed by atoms with Gasteiger partial charge in [-0.25, -0.2) is 0 Å². The number of hydrogen-bond donors (Lipinski definition) is 0. The van der Waals surface area contributed by atoms with E-state index in [2.05, 4.69) is 0 Å². The molecule has 0 heterocycles. The van der Waals surface area contributed by atoms with Crippen LogP contribution in [0.3, 0.4) is 0 Å². The molecule has 0 amide bonds. The molecule has 49 valence electrons. The molecule has 0 aliphatic carbocycles. The lowest BCUT2D eigenvalue weighted by molar-refractivity contribution is 0.120. The van der Waals surface area contributed by atoms with Crippen molar-refractivity contribution in [2.45, 2.75) is 13.0 Å². The van der Waals surface area contributed by atoms with Crippen molar-refractivity contribution in [3.63, 3.8) is 0 Å². The summed E-state index contributed by atoms with van der Waals surface area (Å²) in [4.78, 5) is 0. The molecule has 0 rings (SSSR count). The molecular weight excluding hydrogens is 104 g/mol. The minimum absolute atomic E-state index is 0.204. The summed E-state index contributed by atoms with van der Waals surface area (Å²) in [6.07, 6.45) is 2.16. The lowest BCUT2D eigenvalue weighted by atomic mass is 10.3. The van der Waals surface area contributed by atoms with Gasteiger partial charge in [-0.05, 0) is 6.92 Å². The Hall–Kier alpha value is -0.0800. The highest BCUT2D eigenvalue weighted by Crippen LogP contribution is 1.91.